The smallest absolute Gasteiger partial charge is 0.411 e. The van der Waals surface area contributed by atoms with Crippen LogP contribution >= 0.6 is 11.3 Å². The lowest BCUT2D eigenvalue weighted by Gasteiger charge is -2.26. The van der Waals surface area contributed by atoms with Crippen LogP contribution in [0.5, 0.6) is 5.75 Å². The second-order valence-electron chi connectivity index (χ2n) is 10.1. The van der Waals surface area contributed by atoms with Crippen molar-refractivity contribution in [2.75, 3.05) is 13.7 Å². The van der Waals surface area contributed by atoms with E-state index in [2.05, 4.69) is 25.4 Å². The van der Waals surface area contributed by atoms with E-state index in [1.54, 1.807) is 45.3 Å². The molecule has 1 unspecified atom stereocenters. The number of carbonyl (C=O) groups is 2. The summed E-state index contributed by atoms with van der Waals surface area (Å²) < 4.78 is 10.3. The molecule has 0 bridgehead atoms. The van der Waals surface area contributed by atoms with E-state index < -0.39 is 23.7 Å². The topological polar surface area (TPSA) is 109 Å². The molecule has 1 aliphatic heterocycles. The highest BCUT2D eigenvalue weighted by Crippen LogP contribution is 2.27. The fraction of sp³-hybridized carbons (Fsp3) is 0.464. The van der Waals surface area contributed by atoms with Gasteiger partial charge in [0, 0.05) is 23.1 Å². The maximum absolute atomic E-state index is 11.6. The van der Waals surface area contributed by atoms with Gasteiger partial charge in [0.2, 0.25) is 0 Å². The summed E-state index contributed by atoms with van der Waals surface area (Å²) >= 11 is 1.55. The van der Waals surface area contributed by atoms with E-state index in [4.69, 9.17) is 14.6 Å². The fourth-order valence-electron chi connectivity index (χ4n) is 3.62. The van der Waals surface area contributed by atoms with E-state index in [0.29, 0.717) is 24.5 Å². The largest absolute Gasteiger partial charge is 0.507 e. The molecule has 2 aromatic rings. The number of hydrogen-bond donors (Lipinski definition) is 2. The lowest BCUT2D eigenvalue weighted by molar-refractivity contribution is -0.142. The van der Waals surface area contributed by atoms with Crippen LogP contribution in [0.2, 0.25) is 0 Å². The Morgan fingerprint density at radius 2 is 1.95 bits per heavy atom. The van der Waals surface area contributed by atoms with Crippen LogP contribution in [0.3, 0.4) is 0 Å². The highest BCUT2D eigenvalue weighted by Gasteiger charge is 2.36. The lowest BCUT2D eigenvalue weighted by atomic mass is 10.1. The molecule has 37 heavy (non-hydrogen) atoms. The zero-order valence-electron chi connectivity index (χ0n) is 22.7. The number of methoxy groups -OCH3 is 1. The zero-order valence-corrected chi connectivity index (χ0v) is 23.5. The Hall–Kier alpha value is -3.33. The van der Waals surface area contributed by atoms with Crippen LogP contribution in [0.25, 0.3) is 11.3 Å². The Bertz CT molecular complexity index is 1150. The minimum atomic E-state index is -0.960. The number of likely N-dealkylation sites (tertiary alicyclic amines) is 1. The zero-order chi connectivity index (χ0) is 27.9. The molecule has 1 aromatic heterocycles. The number of ether oxygens (including phenoxy) is 2. The van der Waals surface area contributed by atoms with Crippen LogP contribution < -0.4 is 4.74 Å². The third-order valence-electron chi connectivity index (χ3n) is 5.57. The number of aliphatic hydroxyl groups is 1. The highest BCUT2D eigenvalue weighted by molar-refractivity contribution is 7.10. The summed E-state index contributed by atoms with van der Waals surface area (Å²) in [5.41, 5.74) is 2.90. The summed E-state index contributed by atoms with van der Waals surface area (Å²) in [6, 6.07) is 4.84. The molecule has 9 heteroatoms. The van der Waals surface area contributed by atoms with Crippen molar-refractivity contribution in [3.63, 3.8) is 0 Å². The summed E-state index contributed by atoms with van der Waals surface area (Å²) in [5.74, 6) is 0.387. The van der Waals surface area contributed by atoms with Crippen molar-refractivity contribution in [2.24, 2.45) is 0 Å². The molecule has 202 valence electrons. The van der Waals surface area contributed by atoms with Gasteiger partial charge in [-0.15, -0.1) is 11.3 Å². The van der Waals surface area contributed by atoms with Gasteiger partial charge in [0.15, 0.2) is 0 Å². The number of aliphatic carboxylic acids is 1. The predicted molar refractivity (Wildman–Crippen MR) is 147 cm³/mol. The number of aliphatic hydroxyl groups excluding tert-OH is 1. The van der Waals surface area contributed by atoms with Crippen molar-refractivity contribution < 1.29 is 29.3 Å². The number of aromatic nitrogens is 1. The third kappa shape index (κ3) is 8.63. The number of benzene rings is 1. The van der Waals surface area contributed by atoms with Gasteiger partial charge >= 0.3 is 12.1 Å². The van der Waals surface area contributed by atoms with Gasteiger partial charge in [-0.2, -0.15) is 0 Å². The summed E-state index contributed by atoms with van der Waals surface area (Å²) in [4.78, 5) is 28.3. The molecule has 8 nitrogen and oxygen atoms in total. The molecule has 1 aromatic carbocycles. The van der Waals surface area contributed by atoms with Crippen LogP contribution in [-0.2, 0) is 9.53 Å². The summed E-state index contributed by atoms with van der Waals surface area (Å²) in [5, 5.41) is 22.1. The molecule has 3 rings (SSSR count). The van der Waals surface area contributed by atoms with Gasteiger partial charge in [0.05, 0.1) is 12.8 Å². The van der Waals surface area contributed by atoms with E-state index in [1.807, 2.05) is 30.5 Å². The molecule has 1 fully saturated rings. The molecule has 1 aliphatic rings. The van der Waals surface area contributed by atoms with E-state index in [9.17, 15) is 14.7 Å². The van der Waals surface area contributed by atoms with Gasteiger partial charge in [-0.05, 0) is 76.3 Å². The number of carboxylic acids is 1. The third-order valence-corrected chi connectivity index (χ3v) is 6.51. The SMILES string of the molecule is C=C(/C=C(/O)c1ccc(OC)cc1C)c1nc(C(C)C)cs1.CC(C)(C)OC(=O)N1CCCC1C(=O)O. The summed E-state index contributed by atoms with van der Waals surface area (Å²) in [6.07, 6.45) is 2.36. The maximum Gasteiger partial charge on any atom is 0.411 e. The van der Waals surface area contributed by atoms with Gasteiger partial charge < -0.3 is 19.7 Å². The van der Waals surface area contributed by atoms with E-state index in [-0.39, 0.29) is 5.76 Å². The van der Waals surface area contributed by atoms with E-state index in [0.717, 1.165) is 34.0 Å². The van der Waals surface area contributed by atoms with Crippen molar-refractivity contribution in [3.8, 4) is 5.75 Å². The van der Waals surface area contributed by atoms with Crippen LogP contribution in [0.15, 0.2) is 36.2 Å². The number of allylic oxidation sites excluding steroid dienone is 2. The molecule has 0 aliphatic carbocycles. The monoisotopic (exact) mass is 530 g/mol. The first-order chi connectivity index (χ1) is 17.2. The first kappa shape index (κ1) is 29.9. The quantitative estimate of drug-likeness (QED) is 0.317. The number of hydrogen-bond acceptors (Lipinski definition) is 7. The summed E-state index contributed by atoms with van der Waals surface area (Å²) in [7, 11) is 1.63. The Balaban J connectivity index is 0.000000281. The number of carboxylic acid groups (broad SMARTS) is 1. The standard InChI is InChI=1S/C18H21NO2S.C10H17NO4/c1-11(2)16-10-22-18(19-16)13(4)9-17(20)15-7-6-14(21-5)8-12(15)3;1-10(2,3)15-9(14)11-6-4-5-7(11)8(12)13/h6-11,20H,4H2,1-3,5H3;7H,4-6H2,1-3H3,(H,12,13)/b17-9+;. The molecule has 2 heterocycles. The predicted octanol–water partition coefficient (Wildman–Crippen LogP) is 6.67. The number of nitrogens with zero attached hydrogens (tertiary/aromatic N) is 2. The van der Waals surface area contributed by atoms with Gasteiger partial charge in [0.1, 0.15) is 28.2 Å². The minimum Gasteiger partial charge on any atom is -0.507 e. The molecular formula is C28H38N2O6S. The Labute approximate surface area is 223 Å². The number of carbonyl (C=O) groups excluding carboxylic acids is 1. The second kappa shape index (κ2) is 12.8. The molecule has 0 spiro atoms. The average Bonchev–Trinajstić information content (AvgIpc) is 3.48. The first-order valence-electron chi connectivity index (χ1n) is 12.2. The van der Waals surface area contributed by atoms with Crippen molar-refractivity contribution >= 4 is 34.7 Å². The normalized spacial score (nSPS) is 15.7. The van der Waals surface area contributed by atoms with Crippen molar-refractivity contribution in [2.45, 2.75) is 71.9 Å². The van der Waals surface area contributed by atoms with Gasteiger partial charge in [-0.25, -0.2) is 14.6 Å². The Morgan fingerprint density at radius 1 is 1.27 bits per heavy atom. The average molecular weight is 531 g/mol. The fourth-order valence-corrected chi connectivity index (χ4v) is 4.54. The van der Waals surface area contributed by atoms with Crippen LogP contribution in [0.1, 0.15) is 75.2 Å². The number of amides is 1. The van der Waals surface area contributed by atoms with Gasteiger partial charge in [-0.3, -0.25) is 4.90 Å². The second-order valence-corrected chi connectivity index (χ2v) is 11.0. The molecule has 1 saturated heterocycles. The first-order valence-corrected chi connectivity index (χ1v) is 13.0. The van der Waals surface area contributed by atoms with Crippen LogP contribution in [0, 0.1) is 6.92 Å². The van der Waals surface area contributed by atoms with Crippen LogP contribution in [0.4, 0.5) is 4.79 Å². The molecule has 2 N–H and O–H groups in total. The maximum atomic E-state index is 11.6. The number of thiazole rings is 1. The summed E-state index contributed by atoms with van der Waals surface area (Å²) in [6.45, 7) is 15.9. The van der Waals surface area contributed by atoms with Crippen molar-refractivity contribution in [3.05, 3.63) is 58.1 Å². The Morgan fingerprint density at radius 3 is 2.46 bits per heavy atom. The van der Waals surface area contributed by atoms with Crippen molar-refractivity contribution in [1.29, 1.82) is 0 Å². The molecule has 0 saturated carbocycles. The lowest BCUT2D eigenvalue weighted by Crippen LogP contribution is -2.43. The van der Waals surface area contributed by atoms with Gasteiger partial charge in [0.25, 0.3) is 0 Å². The van der Waals surface area contributed by atoms with Gasteiger partial charge in [-0.1, -0.05) is 20.4 Å². The number of rotatable bonds is 6. The van der Waals surface area contributed by atoms with E-state index >= 15 is 0 Å². The highest BCUT2D eigenvalue weighted by atomic mass is 32.1. The van der Waals surface area contributed by atoms with Crippen molar-refractivity contribution in [1.82, 2.24) is 9.88 Å². The molecule has 0 radical (unpaired) electrons. The van der Waals surface area contributed by atoms with Crippen LogP contribution in [-0.4, -0.2) is 57.5 Å². The number of aryl methyl sites for hydroxylation is 1. The molecule has 1 atom stereocenters. The van der Waals surface area contributed by atoms with E-state index in [1.165, 1.54) is 4.90 Å². The Kier molecular flexibility index (Phi) is 10.3. The minimum absolute atomic E-state index is 0.187. The molecular weight excluding hydrogens is 492 g/mol. The molecule has 1 amide bonds.